The fourth-order valence-electron chi connectivity index (χ4n) is 3.59. The first-order valence-corrected chi connectivity index (χ1v) is 9.62. The first-order chi connectivity index (χ1) is 13.5. The summed E-state index contributed by atoms with van der Waals surface area (Å²) in [5.74, 6) is 0.738. The fourth-order valence-corrected chi connectivity index (χ4v) is 4.05. The van der Waals surface area contributed by atoms with Gasteiger partial charge in [-0.1, -0.05) is 34.1 Å². The number of methoxy groups -OCH3 is 2. The van der Waals surface area contributed by atoms with Crippen LogP contribution < -0.4 is 9.47 Å². The molecule has 0 fully saturated rings. The molecule has 3 aromatic rings. The Balaban J connectivity index is 1.65. The number of amides is 2. The molecule has 0 aliphatic carbocycles. The quantitative estimate of drug-likeness (QED) is 0.550. The average Bonchev–Trinajstić information content (AvgIpc) is 2.72. The van der Waals surface area contributed by atoms with Gasteiger partial charge in [0.25, 0.3) is 11.8 Å². The molecule has 3 aromatic carbocycles. The van der Waals surface area contributed by atoms with Gasteiger partial charge in [-0.05, 0) is 47.7 Å². The molecule has 0 saturated heterocycles. The molecule has 2 amide bonds. The summed E-state index contributed by atoms with van der Waals surface area (Å²) in [5, 5.41) is 1.59. The lowest BCUT2D eigenvalue weighted by atomic mass is 9.94. The Labute approximate surface area is 171 Å². The molecule has 0 bridgehead atoms. The molecule has 0 atom stereocenters. The molecule has 0 saturated carbocycles. The van der Waals surface area contributed by atoms with Gasteiger partial charge in [0.2, 0.25) is 0 Å². The Morgan fingerprint density at radius 2 is 1.61 bits per heavy atom. The molecule has 0 unspecified atom stereocenters. The van der Waals surface area contributed by atoms with Crippen LogP contribution in [-0.4, -0.2) is 37.5 Å². The fraction of sp³-hybridized carbons (Fsp3) is 0.182. The highest BCUT2D eigenvalue weighted by Crippen LogP contribution is 2.34. The van der Waals surface area contributed by atoms with Gasteiger partial charge in [-0.25, -0.2) is 0 Å². The van der Waals surface area contributed by atoms with Gasteiger partial charge in [-0.2, -0.15) is 0 Å². The summed E-state index contributed by atoms with van der Waals surface area (Å²) in [6.07, 6.45) is 0.527. The summed E-state index contributed by atoms with van der Waals surface area (Å²) >= 11 is 3.50. The van der Waals surface area contributed by atoms with Crippen molar-refractivity contribution in [1.82, 2.24) is 4.90 Å². The Bertz CT molecular complexity index is 1090. The summed E-state index contributed by atoms with van der Waals surface area (Å²) in [5.41, 5.74) is 2.07. The van der Waals surface area contributed by atoms with Crippen molar-refractivity contribution < 1.29 is 19.1 Å². The number of carbonyl (C=O) groups excluding carboxylic acids is 2. The maximum Gasteiger partial charge on any atom is 0.261 e. The molecule has 0 N–H and O–H groups in total. The average molecular weight is 440 g/mol. The molecule has 1 heterocycles. The number of benzene rings is 3. The molecule has 0 spiro atoms. The maximum atomic E-state index is 13.0. The topological polar surface area (TPSA) is 55.8 Å². The van der Waals surface area contributed by atoms with E-state index in [0.717, 1.165) is 15.4 Å². The second-order valence-electron chi connectivity index (χ2n) is 6.52. The van der Waals surface area contributed by atoms with Crippen LogP contribution in [0, 0.1) is 0 Å². The Morgan fingerprint density at radius 3 is 2.32 bits per heavy atom. The molecule has 4 rings (SSSR count). The van der Waals surface area contributed by atoms with E-state index >= 15 is 0 Å². The van der Waals surface area contributed by atoms with E-state index in [0.29, 0.717) is 41.0 Å². The molecule has 1 aliphatic heterocycles. The van der Waals surface area contributed by atoms with Crippen molar-refractivity contribution in [3.05, 3.63) is 69.7 Å². The minimum atomic E-state index is -0.262. The normalized spacial score (nSPS) is 13.2. The molecular formula is C22H18BrNO4. The van der Waals surface area contributed by atoms with Gasteiger partial charge in [0, 0.05) is 27.5 Å². The van der Waals surface area contributed by atoms with Gasteiger partial charge in [-0.15, -0.1) is 0 Å². The summed E-state index contributed by atoms with van der Waals surface area (Å²) in [6, 6.07) is 14.7. The molecule has 6 heteroatoms. The lowest BCUT2D eigenvalue weighted by Crippen LogP contribution is -2.41. The third kappa shape index (κ3) is 2.94. The summed E-state index contributed by atoms with van der Waals surface area (Å²) in [7, 11) is 3.16. The van der Waals surface area contributed by atoms with Gasteiger partial charge in [0.1, 0.15) is 0 Å². The summed E-state index contributed by atoms with van der Waals surface area (Å²) < 4.78 is 11.5. The van der Waals surface area contributed by atoms with Gasteiger partial charge < -0.3 is 9.47 Å². The largest absolute Gasteiger partial charge is 0.493 e. The van der Waals surface area contributed by atoms with Crippen LogP contribution in [0.4, 0.5) is 0 Å². The van der Waals surface area contributed by atoms with Crippen LogP contribution in [0.25, 0.3) is 10.8 Å². The SMILES string of the molecule is COc1ccc(CCN2C(=O)c3cccc4c(Br)ccc(c34)C2=O)cc1OC. The minimum absolute atomic E-state index is 0.262. The predicted octanol–water partition coefficient (Wildman–Crippen LogP) is 4.46. The highest BCUT2D eigenvalue weighted by Gasteiger charge is 2.32. The zero-order valence-electron chi connectivity index (χ0n) is 15.5. The standard InChI is InChI=1S/C22H18BrNO4/c1-27-18-9-6-13(12-19(18)28-2)10-11-24-21(25)15-5-3-4-14-17(23)8-7-16(20(14)15)22(24)26/h3-9,12H,10-11H2,1-2H3. The number of hydrogen-bond donors (Lipinski definition) is 0. The van der Waals surface area contributed by atoms with Crippen molar-refractivity contribution in [3.8, 4) is 11.5 Å². The van der Waals surface area contributed by atoms with Gasteiger partial charge in [-0.3, -0.25) is 14.5 Å². The van der Waals surface area contributed by atoms with Crippen molar-refractivity contribution in [3.63, 3.8) is 0 Å². The molecule has 5 nitrogen and oxygen atoms in total. The molecule has 0 radical (unpaired) electrons. The van der Waals surface area contributed by atoms with Crippen LogP contribution in [-0.2, 0) is 6.42 Å². The number of ether oxygens (including phenoxy) is 2. The number of nitrogens with zero attached hydrogens (tertiary/aromatic N) is 1. The number of hydrogen-bond acceptors (Lipinski definition) is 4. The lowest BCUT2D eigenvalue weighted by Gasteiger charge is -2.27. The maximum absolute atomic E-state index is 13.0. The second kappa shape index (κ2) is 7.28. The number of halogens is 1. The Kier molecular flexibility index (Phi) is 4.81. The third-order valence-electron chi connectivity index (χ3n) is 5.01. The molecule has 142 valence electrons. The van der Waals surface area contributed by atoms with Gasteiger partial charge in [0.15, 0.2) is 11.5 Å². The van der Waals surface area contributed by atoms with Crippen molar-refractivity contribution in [2.24, 2.45) is 0 Å². The highest BCUT2D eigenvalue weighted by atomic mass is 79.9. The van der Waals surface area contributed by atoms with Crippen LogP contribution in [0.2, 0.25) is 0 Å². The van der Waals surface area contributed by atoms with E-state index in [1.165, 1.54) is 4.90 Å². The zero-order chi connectivity index (χ0) is 19.8. The monoisotopic (exact) mass is 439 g/mol. The minimum Gasteiger partial charge on any atom is -0.493 e. The van der Waals surface area contributed by atoms with Gasteiger partial charge >= 0.3 is 0 Å². The Hall–Kier alpha value is -2.86. The van der Waals surface area contributed by atoms with E-state index in [2.05, 4.69) is 15.9 Å². The predicted molar refractivity (Wildman–Crippen MR) is 110 cm³/mol. The van der Waals surface area contributed by atoms with Crippen LogP contribution in [0.15, 0.2) is 53.0 Å². The van der Waals surface area contributed by atoms with Gasteiger partial charge in [0.05, 0.1) is 14.2 Å². The summed E-state index contributed by atoms with van der Waals surface area (Å²) in [6.45, 7) is 0.291. The molecular weight excluding hydrogens is 422 g/mol. The first-order valence-electron chi connectivity index (χ1n) is 8.83. The van der Waals surface area contributed by atoms with Crippen molar-refractivity contribution in [1.29, 1.82) is 0 Å². The molecule has 0 aromatic heterocycles. The second-order valence-corrected chi connectivity index (χ2v) is 7.38. The smallest absolute Gasteiger partial charge is 0.261 e. The summed E-state index contributed by atoms with van der Waals surface area (Å²) in [4.78, 5) is 27.4. The van der Waals surface area contributed by atoms with Crippen LogP contribution in [0.3, 0.4) is 0 Å². The highest BCUT2D eigenvalue weighted by molar-refractivity contribution is 9.10. The third-order valence-corrected chi connectivity index (χ3v) is 5.70. The van der Waals surface area contributed by atoms with E-state index in [1.807, 2.05) is 36.4 Å². The number of carbonyl (C=O) groups is 2. The van der Waals surface area contributed by atoms with Crippen molar-refractivity contribution >= 4 is 38.5 Å². The van der Waals surface area contributed by atoms with Crippen LogP contribution in [0.1, 0.15) is 26.3 Å². The van der Waals surface area contributed by atoms with Crippen molar-refractivity contribution in [2.75, 3.05) is 20.8 Å². The first kappa shape index (κ1) is 18.5. The van der Waals surface area contributed by atoms with E-state index in [1.54, 1.807) is 26.4 Å². The zero-order valence-corrected chi connectivity index (χ0v) is 17.1. The van der Waals surface area contributed by atoms with E-state index in [-0.39, 0.29) is 11.8 Å². The molecule has 28 heavy (non-hydrogen) atoms. The number of imide groups is 1. The van der Waals surface area contributed by atoms with E-state index in [9.17, 15) is 9.59 Å². The Morgan fingerprint density at radius 1 is 0.893 bits per heavy atom. The van der Waals surface area contributed by atoms with Crippen LogP contribution in [0.5, 0.6) is 11.5 Å². The van der Waals surface area contributed by atoms with E-state index < -0.39 is 0 Å². The lowest BCUT2D eigenvalue weighted by molar-refractivity contribution is 0.0612. The van der Waals surface area contributed by atoms with Crippen molar-refractivity contribution in [2.45, 2.75) is 6.42 Å². The molecule has 1 aliphatic rings. The van der Waals surface area contributed by atoms with E-state index in [4.69, 9.17) is 9.47 Å². The van der Waals surface area contributed by atoms with Crippen LogP contribution >= 0.6 is 15.9 Å². The number of rotatable bonds is 5.